The maximum absolute atomic E-state index is 12.3. The predicted molar refractivity (Wildman–Crippen MR) is 82.0 cm³/mol. The second-order valence-electron chi connectivity index (χ2n) is 6.29. The van der Waals surface area contributed by atoms with Gasteiger partial charge in [0.15, 0.2) is 0 Å². The lowest BCUT2D eigenvalue weighted by Crippen LogP contribution is -2.54. The fourth-order valence-electron chi connectivity index (χ4n) is 2.84. The molecule has 0 saturated carbocycles. The van der Waals surface area contributed by atoms with Gasteiger partial charge >= 0.3 is 0 Å². The summed E-state index contributed by atoms with van der Waals surface area (Å²) in [6, 6.07) is 0. The Balaban J connectivity index is 1.75. The third kappa shape index (κ3) is 3.81. The molecule has 1 saturated heterocycles. The average Bonchev–Trinajstić information content (AvgIpc) is 3.05. The molecule has 0 aromatic carbocycles. The molecule has 0 aliphatic carbocycles. The van der Waals surface area contributed by atoms with E-state index in [1.165, 1.54) is 12.8 Å². The fourth-order valence-corrected chi connectivity index (χ4v) is 2.84. The molecular formula is C15H27N5O. The lowest BCUT2D eigenvalue weighted by Gasteiger charge is -2.33. The Morgan fingerprint density at radius 1 is 1.29 bits per heavy atom. The highest BCUT2D eigenvalue weighted by atomic mass is 16.2. The van der Waals surface area contributed by atoms with E-state index in [2.05, 4.69) is 20.3 Å². The van der Waals surface area contributed by atoms with Gasteiger partial charge in [0, 0.05) is 13.1 Å². The molecule has 1 aromatic heterocycles. The van der Waals surface area contributed by atoms with E-state index in [-0.39, 0.29) is 5.91 Å². The van der Waals surface area contributed by atoms with E-state index in [1.807, 2.05) is 32.4 Å². The van der Waals surface area contributed by atoms with Gasteiger partial charge in [-0.05, 0) is 60.0 Å². The lowest BCUT2D eigenvalue weighted by molar-refractivity contribution is -0.131. The fraction of sp³-hybridized carbons (Fsp3) is 0.800. The highest BCUT2D eigenvalue weighted by molar-refractivity contribution is 5.85. The zero-order chi connectivity index (χ0) is 15.5. The largest absolute Gasteiger partial charge is 0.354 e. The Morgan fingerprint density at radius 2 is 1.95 bits per heavy atom. The molecule has 0 bridgehead atoms. The van der Waals surface area contributed by atoms with Gasteiger partial charge in [0.25, 0.3) is 0 Å². The molecule has 1 amide bonds. The smallest absolute Gasteiger partial charge is 0.239 e. The summed E-state index contributed by atoms with van der Waals surface area (Å²) in [7, 11) is 0. The van der Waals surface area contributed by atoms with Crippen LogP contribution >= 0.6 is 0 Å². The topological polar surface area (TPSA) is 63.1 Å². The van der Waals surface area contributed by atoms with Crippen LogP contribution in [0.5, 0.6) is 0 Å². The van der Waals surface area contributed by atoms with Crippen LogP contribution in [-0.4, -0.2) is 50.7 Å². The zero-order valence-electron chi connectivity index (χ0n) is 13.6. The number of rotatable bonds is 6. The molecule has 0 unspecified atom stereocenters. The molecule has 1 aliphatic heterocycles. The second-order valence-corrected chi connectivity index (χ2v) is 6.29. The van der Waals surface area contributed by atoms with Gasteiger partial charge in [-0.25, -0.2) is 4.98 Å². The number of nitrogens with zero attached hydrogens (tertiary/aromatic N) is 4. The van der Waals surface area contributed by atoms with E-state index in [0.717, 1.165) is 37.7 Å². The third-order valence-electron chi connectivity index (χ3n) is 4.25. The van der Waals surface area contributed by atoms with Gasteiger partial charge < -0.3 is 5.32 Å². The van der Waals surface area contributed by atoms with Crippen molar-refractivity contribution in [3.63, 3.8) is 0 Å². The third-order valence-corrected chi connectivity index (χ3v) is 4.25. The Kier molecular flexibility index (Phi) is 4.98. The van der Waals surface area contributed by atoms with Gasteiger partial charge in [0.1, 0.15) is 11.6 Å². The van der Waals surface area contributed by atoms with Crippen molar-refractivity contribution in [2.75, 3.05) is 19.6 Å². The van der Waals surface area contributed by atoms with Crippen LogP contribution in [0.3, 0.4) is 0 Å². The van der Waals surface area contributed by atoms with Crippen LogP contribution in [0.4, 0.5) is 0 Å². The minimum Gasteiger partial charge on any atom is -0.354 e. The van der Waals surface area contributed by atoms with Crippen LogP contribution in [-0.2, 0) is 11.3 Å². The van der Waals surface area contributed by atoms with E-state index in [1.54, 1.807) is 0 Å². The van der Waals surface area contributed by atoms with Crippen LogP contribution in [0.25, 0.3) is 0 Å². The first-order chi connectivity index (χ1) is 9.91. The van der Waals surface area contributed by atoms with Crippen molar-refractivity contribution in [1.29, 1.82) is 0 Å². The van der Waals surface area contributed by atoms with Crippen LogP contribution in [0.1, 0.15) is 44.8 Å². The van der Waals surface area contributed by atoms with E-state index in [4.69, 9.17) is 0 Å². The number of carbonyl (C=O) groups is 1. The Hall–Kier alpha value is -1.43. The molecule has 1 aromatic rings. The first kappa shape index (κ1) is 15.9. The number of amides is 1. The quantitative estimate of drug-likeness (QED) is 0.803. The van der Waals surface area contributed by atoms with Gasteiger partial charge in [-0.15, -0.1) is 0 Å². The van der Waals surface area contributed by atoms with E-state index < -0.39 is 5.54 Å². The molecule has 1 N–H and O–H groups in total. The van der Waals surface area contributed by atoms with Crippen molar-refractivity contribution in [2.45, 2.75) is 59.0 Å². The zero-order valence-corrected chi connectivity index (χ0v) is 13.6. The average molecular weight is 293 g/mol. The lowest BCUT2D eigenvalue weighted by atomic mass is 10.0. The molecule has 6 nitrogen and oxygen atoms in total. The summed E-state index contributed by atoms with van der Waals surface area (Å²) in [6.45, 7) is 11.4. The number of hydrogen-bond acceptors (Lipinski definition) is 4. The number of likely N-dealkylation sites (tertiary alicyclic amines) is 1. The van der Waals surface area contributed by atoms with Crippen LogP contribution in [0, 0.1) is 13.8 Å². The molecule has 0 atom stereocenters. The summed E-state index contributed by atoms with van der Waals surface area (Å²) in [4.78, 5) is 18.9. The molecule has 6 heteroatoms. The van der Waals surface area contributed by atoms with Crippen LogP contribution < -0.4 is 5.32 Å². The van der Waals surface area contributed by atoms with E-state index in [9.17, 15) is 4.79 Å². The van der Waals surface area contributed by atoms with Crippen LogP contribution in [0.2, 0.25) is 0 Å². The standard InChI is InChI=1S/C15H27N5O/c1-12-17-13(2)20(18-12)11-7-8-16-14(21)15(3,4)19-9-5-6-10-19/h5-11H2,1-4H3,(H,16,21). The maximum atomic E-state index is 12.3. The number of aryl methyl sites for hydroxylation is 3. The SMILES string of the molecule is Cc1nc(C)n(CCCNC(=O)C(C)(C)N2CCCC2)n1. The van der Waals surface area contributed by atoms with Gasteiger partial charge in [0.05, 0.1) is 5.54 Å². The van der Waals surface area contributed by atoms with Crippen molar-refractivity contribution in [2.24, 2.45) is 0 Å². The van der Waals surface area contributed by atoms with Crippen molar-refractivity contribution < 1.29 is 4.79 Å². The number of aromatic nitrogens is 3. The molecule has 118 valence electrons. The second kappa shape index (κ2) is 6.56. The minimum absolute atomic E-state index is 0.121. The summed E-state index contributed by atoms with van der Waals surface area (Å²) in [5.41, 5.74) is -0.406. The first-order valence-electron chi connectivity index (χ1n) is 7.82. The minimum atomic E-state index is -0.406. The molecule has 1 fully saturated rings. The van der Waals surface area contributed by atoms with Gasteiger partial charge in [-0.1, -0.05) is 0 Å². The van der Waals surface area contributed by atoms with E-state index in [0.29, 0.717) is 6.54 Å². The number of carbonyl (C=O) groups excluding carboxylic acids is 1. The van der Waals surface area contributed by atoms with Gasteiger partial charge in [-0.2, -0.15) is 5.10 Å². The summed E-state index contributed by atoms with van der Waals surface area (Å²) in [6.07, 6.45) is 3.26. The monoisotopic (exact) mass is 293 g/mol. The predicted octanol–water partition coefficient (Wildman–Crippen LogP) is 1.28. The Bertz CT molecular complexity index is 488. The molecule has 2 rings (SSSR count). The van der Waals surface area contributed by atoms with E-state index >= 15 is 0 Å². The first-order valence-corrected chi connectivity index (χ1v) is 7.82. The number of nitrogens with one attached hydrogen (secondary N) is 1. The molecule has 0 radical (unpaired) electrons. The Labute approximate surface area is 126 Å². The molecule has 0 spiro atoms. The summed E-state index contributed by atoms with van der Waals surface area (Å²) >= 11 is 0. The molecule has 2 heterocycles. The molecular weight excluding hydrogens is 266 g/mol. The van der Waals surface area contributed by atoms with Gasteiger partial charge in [0.2, 0.25) is 5.91 Å². The summed E-state index contributed by atoms with van der Waals surface area (Å²) in [5, 5.41) is 7.38. The normalized spacial score (nSPS) is 16.4. The highest BCUT2D eigenvalue weighted by Crippen LogP contribution is 2.20. The summed E-state index contributed by atoms with van der Waals surface area (Å²) in [5.74, 6) is 1.85. The van der Waals surface area contributed by atoms with Crippen molar-refractivity contribution in [3.05, 3.63) is 11.6 Å². The Morgan fingerprint density at radius 3 is 2.52 bits per heavy atom. The van der Waals surface area contributed by atoms with Crippen molar-refractivity contribution >= 4 is 5.91 Å². The maximum Gasteiger partial charge on any atom is 0.239 e. The summed E-state index contributed by atoms with van der Waals surface area (Å²) < 4.78 is 1.90. The number of hydrogen-bond donors (Lipinski definition) is 1. The van der Waals surface area contributed by atoms with Crippen molar-refractivity contribution in [1.82, 2.24) is 25.0 Å². The van der Waals surface area contributed by atoms with Crippen molar-refractivity contribution in [3.8, 4) is 0 Å². The molecule has 21 heavy (non-hydrogen) atoms. The molecule has 1 aliphatic rings. The van der Waals surface area contributed by atoms with Crippen LogP contribution in [0.15, 0.2) is 0 Å². The highest BCUT2D eigenvalue weighted by Gasteiger charge is 2.35. The van der Waals surface area contributed by atoms with Gasteiger partial charge in [-0.3, -0.25) is 14.4 Å².